The maximum Gasteiger partial charge on any atom is 0.178 e. The van der Waals surface area contributed by atoms with Crippen molar-refractivity contribution in [2.24, 2.45) is 0 Å². The molecule has 2 aromatic heterocycles. The molecule has 0 fully saturated rings. The zero-order valence-corrected chi connectivity index (χ0v) is 15.1. The lowest BCUT2D eigenvalue weighted by Gasteiger charge is -2.20. The largest absolute Gasteiger partial charge is 0.489 e. The molecule has 0 bridgehead atoms. The number of aromatic amines is 1. The summed E-state index contributed by atoms with van der Waals surface area (Å²) in [6, 6.07) is 18.6. The first-order valence-corrected chi connectivity index (χ1v) is 9.50. The van der Waals surface area contributed by atoms with Gasteiger partial charge in [0.1, 0.15) is 18.2 Å². The van der Waals surface area contributed by atoms with Crippen LogP contribution in [0, 0.1) is 0 Å². The van der Waals surface area contributed by atoms with E-state index in [9.17, 15) is 0 Å². The van der Waals surface area contributed by atoms with Crippen molar-refractivity contribution >= 4 is 11.2 Å². The van der Waals surface area contributed by atoms with E-state index in [0.29, 0.717) is 6.61 Å². The number of aryl methyl sites for hydroxylation is 1. The highest BCUT2D eigenvalue weighted by Gasteiger charge is 2.19. The fraction of sp³-hybridized carbons (Fsp3) is 0.217. The maximum absolute atomic E-state index is 6.14. The standard InChI is InChI=1S/C23H21N3O/c1-2-7-16(8-3-1)15-27-18-13-17-9-4-5-10-19(17)20(14-18)22-25-21-11-6-12-24-23(21)26-22/h1-3,6-8,11-14H,4-5,9-10,15H2,(H,24,25,26). The second-order valence-electron chi connectivity index (χ2n) is 7.05. The first kappa shape index (κ1) is 16.1. The van der Waals surface area contributed by atoms with E-state index >= 15 is 0 Å². The topological polar surface area (TPSA) is 50.8 Å². The molecule has 0 radical (unpaired) electrons. The lowest BCUT2D eigenvalue weighted by molar-refractivity contribution is 0.306. The Bertz CT molecular complexity index is 1050. The van der Waals surface area contributed by atoms with Crippen LogP contribution in [0.15, 0.2) is 60.8 Å². The van der Waals surface area contributed by atoms with Crippen LogP contribution in [0.2, 0.25) is 0 Å². The SMILES string of the molecule is c1ccc(COc2cc3c(c(-c4nc5ncccc5[nH]4)c2)CCCC3)cc1. The van der Waals surface area contributed by atoms with Gasteiger partial charge >= 0.3 is 0 Å². The third-order valence-electron chi connectivity index (χ3n) is 5.20. The van der Waals surface area contributed by atoms with E-state index < -0.39 is 0 Å². The predicted octanol–water partition coefficient (Wildman–Crippen LogP) is 5.08. The van der Waals surface area contributed by atoms with Crippen molar-refractivity contribution < 1.29 is 4.74 Å². The molecular weight excluding hydrogens is 334 g/mol. The maximum atomic E-state index is 6.14. The molecule has 1 N–H and O–H groups in total. The molecular formula is C23H21N3O. The van der Waals surface area contributed by atoms with E-state index in [2.05, 4.69) is 34.2 Å². The molecule has 1 aliphatic carbocycles. The molecule has 0 spiro atoms. The van der Waals surface area contributed by atoms with Crippen LogP contribution in [-0.2, 0) is 19.4 Å². The van der Waals surface area contributed by atoms with E-state index in [-0.39, 0.29) is 0 Å². The number of hydrogen-bond acceptors (Lipinski definition) is 3. The minimum Gasteiger partial charge on any atom is -0.489 e. The van der Waals surface area contributed by atoms with Crippen molar-refractivity contribution in [3.05, 3.63) is 77.5 Å². The molecule has 0 aliphatic heterocycles. The summed E-state index contributed by atoms with van der Waals surface area (Å²) in [5.41, 5.74) is 6.82. The Morgan fingerprint density at radius 1 is 0.963 bits per heavy atom. The van der Waals surface area contributed by atoms with Crippen LogP contribution in [0.4, 0.5) is 0 Å². The van der Waals surface area contributed by atoms with Gasteiger partial charge in [-0.2, -0.15) is 0 Å². The van der Waals surface area contributed by atoms with Crippen LogP contribution in [0.25, 0.3) is 22.6 Å². The number of nitrogens with one attached hydrogen (secondary N) is 1. The van der Waals surface area contributed by atoms with Crippen molar-refractivity contribution in [3.8, 4) is 17.1 Å². The smallest absolute Gasteiger partial charge is 0.178 e. The van der Waals surface area contributed by atoms with Crippen LogP contribution in [0.3, 0.4) is 0 Å². The molecule has 2 aromatic carbocycles. The monoisotopic (exact) mass is 355 g/mol. The molecule has 0 unspecified atom stereocenters. The fourth-order valence-electron chi connectivity index (χ4n) is 3.85. The number of ether oxygens (including phenoxy) is 1. The lowest BCUT2D eigenvalue weighted by Crippen LogP contribution is -2.06. The Kier molecular flexibility index (Phi) is 4.09. The number of aromatic nitrogens is 3. The van der Waals surface area contributed by atoms with Gasteiger partial charge in [-0.1, -0.05) is 30.3 Å². The van der Waals surface area contributed by atoms with Gasteiger partial charge in [0.25, 0.3) is 0 Å². The average molecular weight is 355 g/mol. The molecule has 0 saturated carbocycles. The molecule has 27 heavy (non-hydrogen) atoms. The number of rotatable bonds is 4. The van der Waals surface area contributed by atoms with E-state index in [1.165, 1.54) is 29.5 Å². The minimum absolute atomic E-state index is 0.570. The summed E-state index contributed by atoms with van der Waals surface area (Å²) in [5, 5.41) is 0. The van der Waals surface area contributed by atoms with Crippen LogP contribution in [-0.4, -0.2) is 15.0 Å². The second-order valence-corrected chi connectivity index (χ2v) is 7.05. The van der Waals surface area contributed by atoms with Gasteiger partial charge in [0.05, 0.1) is 5.52 Å². The summed E-state index contributed by atoms with van der Waals surface area (Å²) >= 11 is 0. The van der Waals surface area contributed by atoms with Crippen LogP contribution in [0.5, 0.6) is 5.75 Å². The van der Waals surface area contributed by atoms with E-state index in [0.717, 1.165) is 41.1 Å². The van der Waals surface area contributed by atoms with Crippen molar-refractivity contribution in [1.29, 1.82) is 0 Å². The van der Waals surface area contributed by atoms with Crippen molar-refractivity contribution in [2.45, 2.75) is 32.3 Å². The van der Waals surface area contributed by atoms with Gasteiger partial charge < -0.3 is 9.72 Å². The molecule has 4 nitrogen and oxygen atoms in total. The zero-order chi connectivity index (χ0) is 18.1. The summed E-state index contributed by atoms with van der Waals surface area (Å²) in [4.78, 5) is 12.5. The quantitative estimate of drug-likeness (QED) is 0.555. The minimum atomic E-state index is 0.570. The molecule has 0 atom stereocenters. The molecule has 4 aromatic rings. The summed E-state index contributed by atoms with van der Waals surface area (Å²) in [7, 11) is 0. The molecule has 0 saturated heterocycles. The van der Waals surface area contributed by atoms with Gasteiger partial charge in [-0.15, -0.1) is 0 Å². The Hall–Kier alpha value is -3.14. The molecule has 1 aliphatic rings. The highest BCUT2D eigenvalue weighted by Crippen LogP contribution is 2.35. The third-order valence-corrected chi connectivity index (χ3v) is 5.20. The van der Waals surface area contributed by atoms with Crippen LogP contribution < -0.4 is 4.74 Å². The van der Waals surface area contributed by atoms with E-state index in [1.54, 1.807) is 6.20 Å². The molecule has 134 valence electrons. The highest BCUT2D eigenvalue weighted by molar-refractivity contribution is 5.77. The van der Waals surface area contributed by atoms with Crippen LogP contribution in [0.1, 0.15) is 29.5 Å². The Morgan fingerprint density at radius 3 is 2.74 bits per heavy atom. The zero-order valence-electron chi connectivity index (χ0n) is 15.1. The lowest BCUT2D eigenvalue weighted by atomic mass is 9.87. The van der Waals surface area contributed by atoms with Gasteiger partial charge in [-0.25, -0.2) is 9.97 Å². The summed E-state index contributed by atoms with van der Waals surface area (Å²) < 4.78 is 6.14. The van der Waals surface area contributed by atoms with Gasteiger partial charge in [0.15, 0.2) is 5.65 Å². The van der Waals surface area contributed by atoms with Gasteiger partial charge in [0.2, 0.25) is 0 Å². The second kappa shape index (κ2) is 6.88. The van der Waals surface area contributed by atoms with E-state index in [1.807, 2.05) is 30.3 Å². The molecule has 5 rings (SSSR count). The van der Waals surface area contributed by atoms with Crippen LogP contribution >= 0.6 is 0 Å². The van der Waals surface area contributed by atoms with Gasteiger partial charge in [0, 0.05) is 11.8 Å². The normalized spacial score (nSPS) is 13.5. The number of imidazole rings is 1. The number of nitrogens with zero attached hydrogens (tertiary/aromatic N) is 2. The number of hydrogen-bond donors (Lipinski definition) is 1. The number of fused-ring (bicyclic) bond motifs is 2. The third kappa shape index (κ3) is 3.19. The summed E-state index contributed by atoms with van der Waals surface area (Å²) in [6.45, 7) is 0.570. The molecule has 2 heterocycles. The van der Waals surface area contributed by atoms with E-state index in [4.69, 9.17) is 9.72 Å². The first-order valence-electron chi connectivity index (χ1n) is 9.50. The van der Waals surface area contributed by atoms with Crippen molar-refractivity contribution in [1.82, 2.24) is 15.0 Å². The molecule has 4 heteroatoms. The fourth-order valence-corrected chi connectivity index (χ4v) is 3.85. The Labute approximate surface area is 158 Å². The first-order chi connectivity index (χ1) is 13.4. The summed E-state index contributed by atoms with van der Waals surface area (Å²) in [6.07, 6.45) is 6.43. The van der Waals surface area contributed by atoms with Crippen molar-refractivity contribution in [2.75, 3.05) is 0 Å². The number of H-pyrrole nitrogens is 1. The highest BCUT2D eigenvalue weighted by atomic mass is 16.5. The average Bonchev–Trinajstić information content (AvgIpc) is 3.16. The van der Waals surface area contributed by atoms with Crippen molar-refractivity contribution in [3.63, 3.8) is 0 Å². The Balaban J connectivity index is 1.54. The summed E-state index contributed by atoms with van der Waals surface area (Å²) in [5.74, 6) is 1.79. The Morgan fingerprint density at radius 2 is 1.85 bits per heavy atom. The number of pyridine rings is 1. The van der Waals surface area contributed by atoms with Gasteiger partial charge in [-0.3, -0.25) is 0 Å². The number of benzene rings is 2. The molecule has 0 amide bonds. The predicted molar refractivity (Wildman–Crippen MR) is 107 cm³/mol. The van der Waals surface area contributed by atoms with Gasteiger partial charge in [-0.05, 0) is 66.6 Å².